The van der Waals surface area contributed by atoms with Crippen molar-refractivity contribution in [1.29, 1.82) is 0 Å². The van der Waals surface area contributed by atoms with Crippen molar-refractivity contribution in [2.75, 3.05) is 11.9 Å². The van der Waals surface area contributed by atoms with Crippen LogP contribution >= 0.6 is 12.2 Å². The molecule has 0 saturated carbocycles. The molecule has 7 heteroatoms. The molecule has 2 aromatic rings. The number of carbonyl (C=O) groups is 2. The van der Waals surface area contributed by atoms with Gasteiger partial charge in [-0.25, -0.2) is 0 Å². The largest absolute Gasteiger partial charge is 0.429 e. The van der Waals surface area contributed by atoms with E-state index < -0.39 is 6.04 Å². The van der Waals surface area contributed by atoms with Crippen LogP contribution < -0.4 is 5.32 Å². The molecule has 1 saturated heterocycles. The first-order valence-corrected chi connectivity index (χ1v) is 7.16. The van der Waals surface area contributed by atoms with E-state index in [0.717, 1.165) is 11.9 Å². The number of likely N-dealkylation sites (tertiary alicyclic amines) is 1. The van der Waals surface area contributed by atoms with Gasteiger partial charge in [-0.05, 0) is 37.2 Å². The second-order valence-corrected chi connectivity index (χ2v) is 5.46. The van der Waals surface area contributed by atoms with Crippen LogP contribution in [0, 0.1) is 4.84 Å². The van der Waals surface area contributed by atoms with Crippen molar-refractivity contribution in [3.8, 4) is 0 Å². The molecule has 1 fully saturated rings. The fraction of sp³-hybridized carbons (Fsp3) is 0.357. The minimum Gasteiger partial charge on any atom is -0.429 e. The van der Waals surface area contributed by atoms with Crippen molar-refractivity contribution in [1.82, 2.24) is 9.88 Å². The van der Waals surface area contributed by atoms with Gasteiger partial charge in [0.25, 0.3) is 4.84 Å². The number of hydrogen-bond donors (Lipinski definition) is 2. The van der Waals surface area contributed by atoms with Crippen LogP contribution in [0.5, 0.6) is 0 Å². The van der Waals surface area contributed by atoms with Gasteiger partial charge in [-0.1, -0.05) is 0 Å². The molecule has 0 spiro atoms. The molecule has 0 bridgehead atoms. The molecule has 2 heterocycles. The second kappa shape index (κ2) is 5.33. The van der Waals surface area contributed by atoms with Gasteiger partial charge in [-0.2, -0.15) is 0 Å². The lowest BCUT2D eigenvalue weighted by atomic mass is 10.2. The van der Waals surface area contributed by atoms with Crippen LogP contribution in [0.4, 0.5) is 5.69 Å². The molecular formula is C14H15N3O3S. The van der Waals surface area contributed by atoms with Crippen LogP contribution in [0.25, 0.3) is 11.1 Å². The molecule has 6 nitrogen and oxygen atoms in total. The lowest BCUT2D eigenvalue weighted by molar-refractivity contribution is -0.134. The maximum Gasteiger partial charge on any atom is 0.266 e. The van der Waals surface area contributed by atoms with E-state index >= 15 is 0 Å². The molecule has 2 N–H and O–H groups in total. The summed E-state index contributed by atoms with van der Waals surface area (Å²) in [5.74, 6) is -0.240. The summed E-state index contributed by atoms with van der Waals surface area (Å²) < 4.78 is 5.32. The van der Waals surface area contributed by atoms with E-state index in [1.54, 1.807) is 23.1 Å². The summed E-state index contributed by atoms with van der Waals surface area (Å²) in [6.07, 6.45) is 1.54. The van der Waals surface area contributed by atoms with Crippen LogP contribution in [0.3, 0.4) is 0 Å². The zero-order chi connectivity index (χ0) is 15.0. The zero-order valence-electron chi connectivity index (χ0n) is 11.5. The van der Waals surface area contributed by atoms with Crippen molar-refractivity contribution in [2.45, 2.75) is 25.8 Å². The van der Waals surface area contributed by atoms with Gasteiger partial charge in [0.2, 0.25) is 11.8 Å². The van der Waals surface area contributed by atoms with Gasteiger partial charge < -0.3 is 19.6 Å². The molecule has 1 atom stereocenters. The maximum atomic E-state index is 12.3. The van der Waals surface area contributed by atoms with E-state index in [1.807, 2.05) is 0 Å². The van der Waals surface area contributed by atoms with Crippen molar-refractivity contribution in [3.63, 3.8) is 0 Å². The van der Waals surface area contributed by atoms with Gasteiger partial charge in [0.1, 0.15) is 6.04 Å². The first kappa shape index (κ1) is 13.8. The molecule has 1 aliphatic heterocycles. The standard InChI is InChI=1S/C14H15N3O3S/c1-8(18)17-6-2-3-11(17)13(19)15-9-4-5-10-12(7-9)20-14(21)16-10/h4-5,7,11H,2-3,6H2,1H3,(H,15,19)(H,16,21). The van der Waals surface area contributed by atoms with E-state index in [0.29, 0.717) is 29.1 Å². The Balaban J connectivity index is 1.79. The number of benzene rings is 1. The van der Waals surface area contributed by atoms with E-state index in [-0.39, 0.29) is 11.8 Å². The minimum absolute atomic E-state index is 0.0699. The molecule has 1 aromatic heterocycles. The number of rotatable bonds is 2. The first-order valence-electron chi connectivity index (χ1n) is 6.75. The van der Waals surface area contributed by atoms with Gasteiger partial charge in [0.05, 0.1) is 5.52 Å². The lowest BCUT2D eigenvalue weighted by Gasteiger charge is -2.22. The Kier molecular flexibility index (Phi) is 3.50. The zero-order valence-corrected chi connectivity index (χ0v) is 12.3. The normalized spacial score (nSPS) is 18.1. The number of nitrogens with zero attached hydrogens (tertiary/aromatic N) is 1. The Labute approximate surface area is 126 Å². The summed E-state index contributed by atoms with van der Waals surface area (Å²) in [7, 11) is 0. The van der Waals surface area contributed by atoms with Crippen LogP contribution in [0.2, 0.25) is 0 Å². The number of carbonyl (C=O) groups excluding carboxylic acids is 2. The number of hydrogen-bond acceptors (Lipinski definition) is 4. The summed E-state index contributed by atoms with van der Waals surface area (Å²) >= 11 is 4.92. The fourth-order valence-electron chi connectivity index (χ4n) is 2.66. The number of fused-ring (bicyclic) bond motifs is 1. The van der Waals surface area contributed by atoms with E-state index in [4.69, 9.17) is 16.6 Å². The molecule has 3 rings (SSSR count). The smallest absolute Gasteiger partial charge is 0.266 e. The number of nitrogens with one attached hydrogen (secondary N) is 2. The lowest BCUT2D eigenvalue weighted by Crippen LogP contribution is -2.42. The number of aromatic amines is 1. The first-order chi connectivity index (χ1) is 10.0. The van der Waals surface area contributed by atoms with Gasteiger partial charge in [0.15, 0.2) is 5.58 Å². The monoisotopic (exact) mass is 305 g/mol. The SMILES string of the molecule is CC(=O)N1CCCC1C(=O)Nc1ccc2[nH]c(=S)oc2c1. The second-order valence-electron chi connectivity index (χ2n) is 5.09. The van der Waals surface area contributed by atoms with E-state index in [1.165, 1.54) is 6.92 Å². The molecular weight excluding hydrogens is 290 g/mol. The minimum atomic E-state index is -0.393. The van der Waals surface area contributed by atoms with Crippen molar-refractivity contribution in [3.05, 3.63) is 23.0 Å². The van der Waals surface area contributed by atoms with Crippen molar-refractivity contribution < 1.29 is 14.0 Å². The highest BCUT2D eigenvalue weighted by atomic mass is 32.1. The topological polar surface area (TPSA) is 78.3 Å². The quantitative estimate of drug-likeness (QED) is 0.835. The predicted octanol–water partition coefficient (Wildman–Crippen LogP) is 2.44. The number of oxazole rings is 1. The summed E-state index contributed by atoms with van der Waals surface area (Å²) in [6, 6.07) is 4.89. The number of amides is 2. The molecule has 1 aromatic carbocycles. The highest BCUT2D eigenvalue weighted by molar-refractivity contribution is 7.71. The average molecular weight is 305 g/mol. The third-order valence-corrected chi connectivity index (χ3v) is 3.83. The molecule has 110 valence electrons. The number of aromatic nitrogens is 1. The third-order valence-electron chi connectivity index (χ3n) is 3.65. The van der Waals surface area contributed by atoms with Crippen LogP contribution in [0.15, 0.2) is 22.6 Å². The Morgan fingerprint density at radius 2 is 2.29 bits per heavy atom. The summed E-state index contributed by atoms with van der Waals surface area (Å²) in [5, 5.41) is 2.83. The van der Waals surface area contributed by atoms with Crippen molar-refractivity contribution in [2.24, 2.45) is 0 Å². The maximum absolute atomic E-state index is 12.3. The predicted molar refractivity (Wildman–Crippen MR) is 80.4 cm³/mol. The van der Waals surface area contributed by atoms with Gasteiger partial charge >= 0.3 is 0 Å². The van der Waals surface area contributed by atoms with Gasteiger partial charge in [-0.15, -0.1) is 0 Å². The van der Waals surface area contributed by atoms with Gasteiger partial charge in [-0.3, -0.25) is 9.59 Å². The van der Waals surface area contributed by atoms with E-state index in [2.05, 4.69) is 10.3 Å². The molecule has 0 radical (unpaired) electrons. The number of H-pyrrole nitrogens is 1. The summed E-state index contributed by atoms with van der Waals surface area (Å²) in [5.41, 5.74) is 2.00. The molecule has 1 aliphatic rings. The van der Waals surface area contributed by atoms with Crippen LogP contribution in [-0.2, 0) is 9.59 Å². The molecule has 0 aliphatic carbocycles. The summed E-state index contributed by atoms with van der Waals surface area (Å²) in [4.78, 5) is 28.6. The Morgan fingerprint density at radius 1 is 1.48 bits per heavy atom. The Hall–Kier alpha value is -2.15. The molecule has 1 unspecified atom stereocenters. The van der Waals surface area contributed by atoms with Crippen LogP contribution in [0.1, 0.15) is 19.8 Å². The fourth-order valence-corrected chi connectivity index (χ4v) is 2.86. The van der Waals surface area contributed by atoms with Crippen molar-refractivity contribution >= 4 is 40.8 Å². The highest BCUT2D eigenvalue weighted by Crippen LogP contribution is 2.22. The van der Waals surface area contributed by atoms with E-state index in [9.17, 15) is 9.59 Å². The summed E-state index contributed by atoms with van der Waals surface area (Å²) in [6.45, 7) is 2.13. The molecule has 21 heavy (non-hydrogen) atoms. The Morgan fingerprint density at radius 3 is 3.05 bits per heavy atom. The number of anilines is 1. The van der Waals surface area contributed by atoms with Gasteiger partial charge in [0, 0.05) is 25.2 Å². The Bertz CT molecular complexity index is 764. The molecule has 2 amide bonds. The average Bonchev–Trinajstić information content (AvgIpc) is 3.03. The third kappa shape index (κ3) is 2.69. The van der Waals surface area contributed by atoms with Crippen LogP contribution in [-0.4, -0.2) is 34.3 Å². The highest BCUT2D eigenvalue weighted by Gasteiger charge is 2.32.